The molecule has 1 aromatic rings. The third kappa shape index (κ3) is 8.23. The van der Waals surface area contributed by atoms with Gasteiger partial charge in [0.25, 0.3) is 0 Å². The van der Waals surface area contributed by atoms with Crippen LogP contribution < -0.4 is 10.6 Å². The molecule has 1 aliphatic rings. The maximum Gasteiger partial charge on any atom is 0.191 e. The molecule has 0 spiro atoms. The van der Waals surface area contributed by atoms with Crippen molar-refractivity contribution in [3.63, 3.8) is 0 Å². The van der Waals surface area contributed by atoms with Gasteiger partial charge in [-0.2, -0.15) is 0 Å². The van der Waals surface area contributed by atoms with Gasteiger partial charge >= 0.3 is 0 Å². The van der Waals surface area contributed by atoms with Gasteiger partial charge in [0.15, 0.2) is 5.96 Å². The second kappa shape index (κ2) is 12.9. The van der Waals surface area contributed by atoms with Crippen molar-refractivity contribution in [2.75, 3.05) is 46.4 Å². The molecular formula is C18H33IN4OS. The van der Waals surface area contributed by atoms with Crippen molar-refractivity contribution in [3.05, 3.63) is 22.4 Å². The minimum atomic E-state index is 0. The van der Waals surface area contributed by atoms with E-state index >= 15 is 0 Å². The van der Waals surface area contributed by atoms with Gasteiger partial charge in [-0.25, -0.2) is 0 Å². The lowest BCUT2D eigenvalue weighted by atomic mass is 10.2. The second-order valence-corrected chi connectivity index (χ2v) is 7.60. The maximum atomic E-state index is 5.60. The molecule has 0 aliphatic carbocycles. The lowest BCUT2D eigenvalue weighted by Gasteiger charge is -2.27. The lowest BCUT2D eigenvalue weighted by molar-refractivity contribution is 0.114. The van der Waals surface area contributed by atoms with Gasteiger partial charge in [-0.15, -0.1) is 35.3 Å². The fourth-order valence-corrected chi connectivity index (χ4v) is 3.78. The molecule has 1 aliphatic heterocycles. The number of guanidine groups is 1. The van der Waals surface area contributed by atoms with Gasteiger partial charge in [0.2, 0.25) is 0 Å². The molecule has 0 bridgehead atoms. The van der Waals surface area contributed by atoms with Crippen molar-refractivity contribution in [2.24, 2.45) is 10.9 Å². The number of hydrogen-bond acceptors (Lipinski definition) is 4. The number of nitrogens with one attached hydrogen (secondary N) is 2. The number of hydrogen-bond donors (Lipinski definition) is 2. The molecule has 1 fully saturated rings. The first kappa shape index (κ1) is 22.7. The van der Waals surface area contributed by atoms with Crippen LogP contribution in [0.2, 0.25) is 0 Å². The van der Waals surface area contributed by atoms with Crippen molar-refractivity contribution in [3.8, 4) is 0 Å². The summed E-state index contributed by atoms with van der Waals surface area (Å²) in [6, 6.07) is 4.82. The Morgan fingerprint density at radius 2 is 2.08 bits per heavy atom. The van der Waals surface area contributed by atoms with Crippen molar-refractivity contribution in [2.45, 2.75) is 32.7 Å². The minimum Gasteiger partial charge on any atom is -0.379 e. The van der Waals surface area contributed by atoms with Gasteiger partial charge in [-0.05, 0) is 43.3 Å². The third-order valence-electron chi connectivity index (χ3n) is 4.13. The summed E-state index contributed by atoms with van der Waals surface area (Å²) in [5.74, 6) is 1.43. The number of aliphatic imine (C=N–C) groups is 1. The summed E-state index contributed by atoms with van der Waals surface area (Å²) in [4.78, 5) is 8.34. The van der Waals surface area contributed by atoms with Crippen LogP contribution in [0.5, 0.6) is 0 Å². The normalized spacial score (nSPS) is 16.7. The fraction of sp³-hybridized carbons (Fsp3) is 0.722. The predicted molar refractivity (Wildman–Crippen MR) is 118 cm³/mol. The Morgan fingerprint density at radius 1 is 1.32 bits per heavy atom. The molecule has 7 heteroatoms. The summed E-state index contributed by atoms with van der Waals surface area (Å²) in [5, 5.41) is 8.98. The van der Waals surface area contributed by atoms with E-state index < -0.39 is 0 Å². The molecule has 1 unspecified atom stereocenters. The van der Waals surface area contributed by atoms with Gasteiger partial charge in [-0.3, -0.25) is 9.89 Å². The number of thiophene rings is 1. The summed E-state index contributed by atoms with van der Waals surface area (Å²) in [6.45, 7) is 9.89. The van der Waals surface area contributed by atoms with Crippen LogP contribution in [-0.4, -0.2) is 57.3 Å². The molecule has 0 aromatic carbocycles. The second-order valence-electron chi connectivity index (χ2n) is 6.62. The molecule has 25 heavy (non-hydrogen) atoms. The Bertz CT molecular complexity index is 475. The van der Waals surface area contributed by atoms with Crippen LogP contribution in [-0.2, 0) is 4.74 Å². The Kier molecular flexibility index (Phi) is 11.7. The zero-order valence-corrected chi connectivity index (χ0v) is 18.8. The van der Waals surface area contributed by atoms with Crippen LogP contribution in [0.1, 0.15) is 37.6 Å². The molecule has 1 atom stereocenters. The monoisotopic (exact) mass is 480 g/mol. The van der Waals surface area contributed by atoms with E-state index in [2.05, 4.69) is 51.9 Å². The van der Waals surface area contributed by atoms with Crippen LogP contribution in [0, 0.1) is 5.92 Å². The van der Waals surface area contributed by atoms with Gasteiger partial charge < -0.3 is 15.4 Å². The number of ether oxygens (including phenoxy) is 1. The number of halogens is 1. The zero-order valence-electron chi connectivity index (χ0n) is 15.7. The van der Waals surface area contributed by atoms with E-state index in [-0.39, 0.29) is 24.0 Å². The highest BCUT2D eigenvalue weighted by Gasteiger charge is 2.24. The summed E-state index contributed by atoms with van der Waals surface area (Å²) in [6.07, 6.45) is 2.62. The SMILES string of the molecule is CN=C(NCCOCC(C)C)NCC(c1cccs1)N1CCCC1.I. The number of likely N-dealkylation sites (tertiary alicyclic amines) is 1. The highest BCUT2D eigenvalue weighted by molar-refractivity contribution is 14.0. The van der Waals surface area contributed by atoms with Gasteiger partial charge in [0.05, 0.1) is 12.6 Å². The molecule has 2 N–H and O–H groups in total. The van der Waals surface area contributed by atoms with Gasteiger partial charge in [-0.1, -0.05) is 19.9 Å². The van der Waals surface area contributed by atoms with E-state index in [0.29, 0.717) is 18.6 Å². The molecular weight excluding hydrogens is 447 g/mol. The summed E-state index contributed by atoms with van der Waals surface area (Å²) in [5.41, 5.74) is 0. The van der Waals surface area contributed by atoms with Gasteiger partial charge in [0, 0.05) is 31.6 Å². The van der Waals surface area contributed by atoms with Crippen LogP contribution in [0.15, 0.2) is 22.5 Å². The highest BCUT2D eigenvalue weighted by atomic mass is 127. The van der Waals surface area contributed by atoms with Crippen LogP contribution in [0.4, 0.5) is 0 Å². The van der Waals surface area contributed by atoms with E-state index in [4.69, 9.17) is 4.74 Å². The van der Waals surface area contributed by atoms with E-state index in [9.17, 15) is 0 Å². The first-order valence-corrected chi connectivity index (χ1v) is 9.88. The molecule has 0 amide bonds. The Labute approximate surface area is 173 Å². The molecule has 144 valence electrons. The number of rotatable bonds is 9. The molecule has 0 saturated carbocycles. The summed E-state index contributed by atoms with van der Waals surface area (Å²) < 4.78 is 5.60. The first-order chi connectivity index (χ1) is 11.7. The zero-order chi connectivity index (χ0) is 17.2. The Hall–Kier alpha value is -0.380. The van der Waals surface area contributed by atoms with Crippen LogP contribution >= 0.6 is 35.3 Å². The average molecular weight is 480 g/mol. The van der Waals surface area contributed by atoms with E-state index in [1.807, 2.05) is 18.4 Å². The molecule has 1 saturated heterocycles. The Balaban J connectivity index is 0.00000312. The van der Waals surface area contributed by atoms with E-state index in [1.54, 1.807) is 0 Å². The van der Waals surface area contributed by atoms with Gasteiger partial charge in [0.1, 0.15) is 0 Å². The molecule has 5 nitrogen and oxygen atoms in total. The summed E-state index contributed by atoms with van der Waals surface area (Å²) in [7, 11) is 1.82. The highest BCUT2D eigenvalue weighted by Crippen LogP contribution is 2.27. The van der Waals surface area contributed by atoms with E-state index in [0.717, 1.165) is 25.7 Å². The van der Waals surface area contributed by atoms with Crippen molar-refractivity contribution in [1.29, 1.82) is 0 Å². The largest absolute Gasteiger partial charge is 0.379 e. The molecule has 2 rings (SSSR count). The Morgan fingerprint density at radius 3 is 2.68 bits per heavy atom. The molecule has 1 aromatic heterocycles. The summed E-state index contributed by atoms with van der Waals surface area (Å²) >= 11 is 1.84. The van der Waals surface area contributed by atoms with Crippen molar-refractivity contribution in [1.82, 2.24) is 15.5 Å². The topological polar surface area (TPSA) is 48.9 Å². The first-order valence-electron chi connectivity index (χ1n) is 9.00. The van der Waals surface area contributed by atoms with Crippen molar-refractivity contribution < 1.29 is 4.74 Å². The fourth-order valence-electron chi connectivity index (χ4n) is 2.92. The average Bonchev–Trinajstić information content (AvgIpc) is 3.26. The van der Waals surface area contributed by atoms with Crippen molar-refractivity contribution >= 4 is 41.3 Å². The smallest absolute Gasteiger partial charge is 0.191 e. The molecule has 0 radical (unpaired) electrons. The predicted octanol–water partition coefficient (Wildman–Crippen LogP) is 3.34. The van der Waals surface area contributed by atoms with Crippen LogP contribution in [0.3, 0.4) is 0 Å². The number of nitrogens with zero attached hydrogens (tertiary/aromatic N) is 2. The maximum absolute atomic E-state index is 5.60. The molecule has 2 heterocycles. The third-order valence-corrected chi connectivity index (χ3v) is 5.10. The lowest BCUT2D eigenvalue weighted by Crippen LogP contribution is -2.43. The quantitative estimate of drug-likeness (QED) is 0.247. The van der Waals surface area contributed by atoms with Crippen LogP contribution in [0.25, 0.3) is 0 Å². The van der Waals surface area contributed by atoms with E-state index in [1.165, 1.54) is 30.8 Å². The minimum absolute atomic E-state index is 0. The standard InChI is InChI=1S/C18H32N4OS.HI/c1-15(2)14-23-11-8-20-18(19-3)21-13-16(17-7-6-12-24-17)22-9-4-5-10-22;/h6-7,12,15-16H,4-5,8-11,13-14H2,1-3H3,(H2,19,20,21);1H.